The van der Waals surface area contributed by atoms with Crippen molar-refractivity contribution < 1.29 is 14.3 Å². The first-order chi connectivity index (χ1) is 14.1. The molecule has 0 unspecified atom stereocenters. The number of rotatable bonds is 8. The second kappa shape index (κ2) is 10.5. The zero-order valence-corrected chi connectivity index (χ0v) is 16.8. The molecule has 0 heterocycles. The van der Waals surface area contributed by atoms with E-state index < -0.39 is 0 Å². The highest BCUT2D eigenvalue weighted by molar-refractivity contribution is 5.93. The maximum absolute atomic E-state index is 12.3. The molecule has 152 valence electrons. The Labute approximate surface area is 172 Å². The summed E-state index contributed by atoms with van der Waals surface area (Å²) in [6.45, 7) is 2.97. The summed E-state index contributed by atoms with van der Waals surface area (Å²) in [5.74, 6) is 0.876. The fourth-order valence-corrected chi connectivity index (χ4v) is 3.45. The molecule has 0 aromatic heterocycles. The molecule has 2 aromatic rings. The molecule has 1 aliphatic rings. The molecule has 0 bridgehead atoms. The van der Waals surface area contributed by atoms with Crippen LogP contribution in [0.3, 0.4) is 0 Å². The van der Waals surface area contributed by atoms with Crippen LogP contribution < -0.4 is 15.4 Å². The lowest BCUT2D eigenvalue weighted by molar-refractivity contribution is -0.119. The standard InChI is InChI=1S/C24H28N2O3/c1-2-29-22-13-10-18(11-14-22)12-15-23(27)25-17-19-6-5-9-21(16-19)26-24(28)20-7-3-4-8-20/h5-6,9-16,20H,2-4,7-8,17H2,1H3,(H,25,27)(H,26,28). The second-order valence-electron chi connectivity index (χ2n) is 7.22. The Kier molecular flexibility index (Phi) is 7.45. The Morgan fingerprint density at radius 3 is 2.59 bits per heavy atom. The van der Waals surface area contributed by atoms with Gasteiger partial charge in [-0.25, -0.2) is 0 Å². The van der Waals surface area contributed by atoms with Crippen molar-refractivity contribution in [2.24, 2.45) is 5.92 Å². The third kappa shape index (κ3) is 6.49. The summed E-state index contributed by atoms with van der Waals surface area (Å²) in [5, 5.41) is 5.87. The molecular formula is C24H28N2O3. The van der Waals surface area contributed by atoms with Gasteiger partial charge in [0, 0.05) is 24.2 Å². The van der Waals surface area contributed by atoms with Crippen molar-refractivity contribution >= 4 is 23.6 Å². The van der Waals surface area contributed by atoms with Crippen LogP contribution in [0, 0.1) is 5.92 Å². The first-order valence-corrected chi connectivity index (χ1v) is 10.2. The smallest absolute Gasteiger partial charge is 0.244 e. The molecular weight excluding hydrogens is 364 g/mol. The average molecular weight is 392 g/mol. The average Bonchev–Trinajstić information content (AvgIpc) is 3.27. The van der Waals surface area contributed by atoms with Gasteiger partial charge in [-0.15, -0.1) is 0 Å². The molecule has 1 aliphatic carbocycles. The molecule has 0 atom stereocenters. The van der Waals surface area contributed by atoms with E-state index in [0.29, 0.717) is 13.2 Å². The van der Waals surface area contributed by atoms with E-state index in [-0.39, 0.29) is 17.7 Å². The van der Waals surface area contributed by atoms with Gasteiger partial charge in [0.2, 0.25) is 11.8 Å². The molecule has 0 saturated heterocycles. The lowest BCUT2D eigenvalue weighted by Gasteiger charge is -2.11. The third-order valence-corrected chi connectivity index (χ3v) is 5.01. The van der Waals surface area contributed by atoms with E-state index >= 15 is 0 Å². The van der Waals surface area contributed by atoms with Gasteiger partial charge in [0.25, 0.3) is 0 Å². The van der Waals surface area contributed by atoms with Crippen molar-refractivity contribution in [2.45, 2.75) is 39.2 Å². The fraction of sp³-hybridized carbons (Fsp3) is 0.333. The molecule has 0 aliphatic heterocycles. The van der Waals surface area contributed by atoms with Crippen LogP contribution in [0.5, 0.6) is 5.75 Å². The van der Waals surface area contributed by atoms with Crippen LogP contribution in [-0.2, 0) is 16.1 Å². The summed E-state index contributed by atoms with van der Waals surface area (Å²) < 4.78 is 5.41. The predicted octanol–water partition coefficient (Wildman–Crippen LogP) is 4.54. The summed E-state index contributed by atoms with van der Waals surface area (Å²) in [7, 11) is 0. The number of hydrogen-bond acceptors (Lipinski definition) is 3. The Morgan fingerprint density at radius 2 is 1.86 bits per heavy atom. The van der Waals surface area contributed by atoms with Crippen molar-refractivity contribution in [3.63, 3.8) is 0 Å². The summed E-state index contributed by atoms with van der Waals surface area (Å²) in [5.41, 5.74) is 2.65. The van der Waals surface area contributed by atoms with Crippen molar-refractivity contribution in [1.82, 2.24) is 5.32 Å². The van der Waals surface area contributed by atoms with Gasteiger partial charge in [0.05, 0.1) is 6.61 Å². The number of amides is 2. The first kappa shape index (κ1) is 20.6. The summed E-state index contributed by atoms with van der Waals surface area (Å²) in [6.07, 6.45) is 7.50. The minimum Gasteiger partial charge on any atom is -0.494 e. The van der Waals surface area contributed by atoms with E-state index in [4.69, 9.17) is 4.74 Å². The molecule has 29 heavy (non-hydrogen) atoms. The van der Waals surface area contributed by atoms with Crippen LogP contribution in [0.25, 0.3) is 6.08 Å². The number of nitrogens with one attached hydrogen (secondary N) is 2. The van der Waals surface area contributed by atoms with Gasteiger partial charge in [-0.2, -0.15) is 0 Å². The second-order valence-corrected chi connectivity index (χ2v) is 7.22. The number of hydrogen-bond donors (Lipinski definition) is 2. The molecule has 5 heteroatoms. The SMILES string of the molecule is CCOc1ccc(C=CC(=O)NCc2cccc(NC(=O)C3CCCC3)c2)cc1. The number of carbonyl (C=O) groups is 2. The summed E-state index contributed by atoms with van der Waals surface area (Å²) in [6, 6.07) is 15.2. The minimum absolute atomic E-state index is 0.0991. The van der Waals surface area contributed by atoms with Gasteiger partial charge in [0.15, 0.2) is 0 Å². The molecule has 2 aromatic carbocycles. The molecule has 0 radical (unpaired) electrons. The van der Waals surface area contributed by atoms with Crippen LogP contribution in [0.2, 0.25) is 0 Å². The van der Waals surface area contributed by atoms with Gasteiger partial charge in [-0.3, -0.25) is 9.59 Å². The van der Waals surface area contributed by atoms with E-state index in [9.17, 15) is 9.59 Å². The zero-order chi connectivity index (χ0) is 20.5. The van der Waals surface area contributed by atoms with Crippen LogP contribution in [0.4, 0.5) is 5.69 Å². The third-order valence-electron chi connectivity index (χ3n) is 5.01. The van der Waals surface area contributed by atoms with E-state index in [1.165, 1.54) is 6.08 Å². The lowest BCUT2D eigenvalue weighted by Crippen LogP contribution is -2.21. The maximum Gasteiger partial charge on any atom is 0.244 e. The van der Waals surface area contributed by atoms with Gasteiger partial charge in [-0.05, 0) is 61.2 Å². The lowest BCUT2D eigenvalue weighted by atomic mass is 10.1. The summed E-state index contributed by atoms with van der Waals surface area (Å²) in [4.78, 5) is 24.4. The molecule has 2 amide bonds. The number of benzene rings is 2. The van der Waals surface area contributed by atoms with Crippen LogP contribution in [0.1, 0.15) is 43.7 Å². The van der Waals surface area contributed by atoms with E-state index in [1.54, 1.807) is 6.08 Å². The van der Waals surface area contributed by atoms with Crippen LogP contribution in [-0.4, -0.2) is 18.4 Å². The first-order valence-electron chi connectivity index (χ1n) is 10.2. The maximum atomic E-state index is 12.3. The highest BCUT2D eigenvalue weighted by Crippen LogP contribution is 2.26. The Balaban J connectivity index is 1.48. The van der Waals surface area contributed by atoms with Gasteiger partial charge in [0.1, 0.15) is 5.75 Å². The van der Waals surface area contributed by atoms with Gasteiger partial charge in [-0.1, -0.05) is 37.1 Å². The number of anilines is 1. The molecule has 3 rings (SSSR count). The molecule has 1 saturated carbocycles. The van der Waals surface area contributed by atoms with E-state index in [2.05, 4.69) is 10.6 Å². The van der Waals surface area contributed by atoms with Crippen LogP contribution in [0.15, 0.2) is 54.6 Å². The highest BCUT2D eigenvalue weighted by atomic mass is 16.5. The largest absolute Gasteiger partial charge is 0.494 e. The Hall–Kier alpha value is -3.08. The topological polar surface area (TPSA) is 67.4 Å². The van der Waals surface area contributed by atoms with E-state index in [0.717, 1.165) is 48.2 Å². The number of ether oxygens (including phenoxy) is 1. The van der Waals surface area contributed by atoms with Gasteiger partial charge < -0.3 is 15.4 Å². The number of carbonyl (C=O) groups excluding carboxylic acids is 2. The normalized spacial score (nSPS) is 14.1. The molecule has 2 N–H and O–H groups in total. The van der Waals surface area contributed by atoms with Crippen molar-refractivity contribution in [2.75, 3.05) is 11.9 Å². The Morgan fingerprint density at radius 1 is 1.10 bits per heavy atom. The Bertz CT molecular complexity index is 853. The van der Waals surface area contributed by atoms with Crippen molar-refractivity contribution in [1.29, 1.82) is 0 Å². The predicted molar refractivity (Wildman–Crippen MR) is 116 cm³/mol. The molecule has 0 spiro atoms. The van der Waals surface area contributed by atoms with Gasteiger partial charge >= 0.3 is 0 Å². The zero-order valence-electron chi connectivity index (χ0n) is 16.8. The summed E-state index contributed by atoms with van der Waals surface area (Å²) >= 11 is 0. The molecule has 5 nitrogen and oxygen atoms in total. The van der Waals surface area contributed by atoms with Crippen LogP contribution >= 0.6 is 0 Å². The van der Waals surface area contributed by atoms with E-state index in [1.807, 2.05) is 55.5 Å². The van der Waals surface area contributed by atoms with Crippen molar-refractivity contribution in [3.05, 3.63) is 65.7 Å². The van der Waals surface area contributed by atoms with Crippen molar-refractivity contribution in [3.8, 4) is 5.75 Å². The highest BCUT2D eigenvalue weighted by Gasteiger charge is 2.22. The minimum atomic E-state index is -0.167. The fourth-order valence-electron chi connectivity index (χ4n) is 3.45. The quantitative estimate of drug-likeness (QED) is 0.648. The monoisotopic (exact) mass is 392 g/mol. The molecule has 1 fully saturated rings.